The molecule has 0 radical (unpaired) electrons. The van der Waals surface area contributed by atoms with Gasteiger partial charge in [0.2, 0.25) is 0 Å². The minimum Gasteiger partial charge on any atom is -0.488 e. The monoisotopic (exact) mass is 557 g/mol. The fourth-order valence-electron chi connectivity index (χ4n) is 3.86. The van der Waals surface area contributed by atoms with Crippen LogP contribution in [0.3, 0.4) is 0 Å². The summed E-state index contributed by atoms with van der Waals surface area (Å²) in [6.45, 7) is 0.758. The van der Waals surface area contributed by atoms with Crippen molar-refractivity contribution in [1.29, 1.82) is 0 Å². The lowest BCUT2D eigenvalue weighted by atomic mass is 10.1. The van der Waals surface area contributed by atoms with Crippen LogP contribution in [-0.2, 0) is 12.7 Å². The van der Waals surface area contributed by atoms with Gasteiger partial charge in [-0.25, -0.2) is 32.6 Å². The number of hydrogen-bond acceptors (Lipinski definition) is 6. The third-order valence-electron chi connectivity index (χ3n) is 5.64. The topological polar surface area (TPSA) is 103 Å². The highest BCUT2D eigenvalue weighted by Crippen LogP contribution is 2.33. The van der Waals surface area contributed by atoms with Crippen LogP contribution in [0.25, 0.3) is 22.2 Å². The summed E-state index contributed by atoms with van der Waals surface area (Å²) in [5.41, 5.74) is -4.46. The van der Waals surface area contributed by atoms with Crippen LogP contribution in [-0.4, -0.2) is 37.0 Å². The van der Waals surface area contributed by atoms with Gasteiger partial charge in [0, 0.05) is 25.0 Å². The number of H-pyrrole nitrogens is 1. The molecule has 2 atom stereocenters. The van der Waals surface area contributed by atoms with Crippen LogP contribution in [0.2, 0.25) is 0 Å². The zero-order valence-electron chi connectivity index (χ0n) is 19.8. The van der Waals surface area contributed by atoms with Gasteiger partial charge in [-0.2, -0.15) is 18.3 Å². The van der Waals surface area contributed by atoms with Crippen molar-refractivity contribution in [1.82, 2.24) is 24.7 Å². The van der Waals surface area contributed by atoms with E-state index >= 15 is 0 Å². The number of pyridine rings is 1. The van der Waals surface area contributed by atoms with Crippen molar-refractivity contribution in [2.24, 2.45) is 0 Å². The molecule has 1 aromatic carbocycles. The van der Waals surface area contributed by atoms with Gasteiger partial charge in [0.15, 0.2) is 17.1 Å². The second-order valence-electron chi connectivity index (χ2n) is 8.53. The summed E-state index contributed by atoms with van der Waals surface area (Å²) in [6.07, 6.45) is -7.58. The molecular weight excluding hydrogens is 539 g/mol. The first-order valence-corrected chi connectivity index (χ1v) is 11.2. The standard InChI is InChI=1S/C24H18F7N5O3/c1-11(39-18-9-34-35-22(37)19(18)24(29,30)31)4-14(25)10-36-3-2-12-5-16(17(26)6-15(12)23(36)38)21-32-7-13(8-33-21)20(27)28/h2-3,5-9,11,14,20H,4,10H2,1H3,(H,35,37)/t11-,14+/m1/s1. The van der Waals surface area contributed by atoms with E-state index in [-0.39, 0.29) is 22.2 Å². The van der Waals surface area contributed by atoms with Crippen LogP contribution in [0, 0.1) is 5.82 Å². The molecule has 8 nitrogen and oxygen atoms in total. The number of rotatable bonds is 8. The molecule has 0 aliphatic heterocycles. The van der Waals surface area contributed by atoms with Crippen molar-refractivity contribution in [2.75, 3.05) is 0 Å². The second-order valence-corrected chi connectivity index (χ2v) is 8.53. The number of fused-ring (bicyclic) bond motifs is 1. The van der Waals surface area contributed by atoms with Crippen LogP contribution >= 0.6 is 0 Å². The summed E-state index contributed by atoms with van der Waals surface area (Å²) in [5, 5.41) is 5.08. The lowest BCUT2D eigenvalue weighted by Crippen LogP contribution is -2.29. The highest BCUT2D eigenvalue weighted by molar-refractivity contribution is 5.85. The highest BCUT2D eigenvalue weighted by atomic mass is 19.4. The fourth-order valence-corrected chi connectivity index (χ4v) is 3.86. The molecule has 4 rings (SSSR count). The van der Waals surface area contributed by atoms with Crippen LogP contribution in [0.4, 0.5) is 30.7 Å². The number of halogens is 7. The molecule has 0 saturated heterocycles. The number of nitrogens with one attached hydrogen (secondary N) is 1. The van der Waals surface area contributed by atoms with Gasteiger partial charge >= 0.3 is 6.18 Å². The molecular formula is C24H18F7N5O3. The zero-order chi connectivity index (χ0) is 28.5. The number of hydrogen-bond donors (Lipinski definition) is 1. The maximum Gasteiger partial charge on any atom is 0.425 e. The van der Waals surface area contributed by atoms with Crippen molar-refractivity contribution in [2.45, 2.75) is 44.8 Å². The molecule has 0 aliphatic rings. The molecule has 0 aliphatic carbocycles. The first kappa shape index (κ1) is 27.7. The summed E-state index contributed by atoms with van der Waals surface area (Å²) < 4.78 is 101. The maximum atomic E-state index is 14.8. The predicted octanol–water partition coefficient (Wildman–Crippen LogP) is 4.83. The molecule has 3 aromatic heterocycles. The molecule has 1 N–H and O–H groups in total. The first-order valence-electron chi connectivity index (χ1n) is 11.2. The van der Waals surface area contributed by atoms with Crippen LogP contribution in [0.1, 0.15) is 30.9 Å². The number of nitrogens with zero attached hydrogens (tertiary/aromatic N) is 4. The van der Waals surface area contributed by atoms with Crippen molar-refractivity contribution >= 4 is 10.8 Å². The van der Waals surface area contributed by atoms with Gasteiger partial charge in [0.25, 0.3) is 17.5 Å². The van der Waals surface area contributed by atoms with E-state index in [0.29, 0.717) is 6.20 Å². The minimum absolute atomic E-state index is 0.108. The van der Waals surface area contributed by atoms with E-state index < -0.39 is 71.7 Å². The van der Waals surface area contributed by atoms with E-state index in [4.69, 9.17) is 4.74 Å². The molecule has 0 saturated carbocycles. The third kappa shape index (κ3) is 6.07. The van der Waals surface area contributed by atoms with E-state index in [0.717, 1.165) is 23.0 Å². The molecule has 0 spiro atoms. The van der Waals surface area contributed by atoms with Gasteiger partial charge in [-0.15, -0.1) is 0 Å². The third-order valence-corrected chi connectivity index (χ3v) is 5.64. The lowest BCUT2D eigenvalue weighted by molar-refractivity contribution is -0.140. The summed E-state index contributed by atoms with van der Waals surface area (Å²) >= 11 is 0. The number of aromatic nitrogens is 5. The predicted molar refractivity (Wildman–Crippen MR) is 124 cm³/mol. The van der Waals surface area contributed by atoms with E-state index in [1.807, 2.05) is 0 Å². The van der Waals surface area contributed by atoms with Crippen molar-refractivity contribution < 1.29 is 35.5 Å². The highest BCUT2D eigenvalue weighted by Gasteiger charge is 2.38. The van der Waals surface area contributed by atoms with Gasteiger partial charge in [-0.05, 0) is 30.5 Å². The average molecular weight is 557 g/mol. The van der Waals surface area contributed by atoms with Crippen LogP contribution < -0.4 is 15.9 Å². The number of aromatic amines is 1. The van der Waals surface area contributed by atoms with Crippen molar-refractivity contribution in [3.05, 3.63) is 80.6 Å². The molecule has 3 heterocycles. The molecule has 0 amide bonds. The summed E-state index contributed by atoms with van der Waals surface area (Å²) in [4.78, 5) is 31.9. The van der Waals surface area contributed by atoms with Gasteiger partial charge < -0.3 is 9.30 Å². The summed E-state index contributed by atoms with van der Waals surface area (Å²) in [6, 6.07) is 3.55. The molecule has 206 valence electrons. The smallest absolute Gasteiger partial charge is 0.425 e. The molecule has 39 heavy (non-hydrogen) atoms. The van der Waals surface area contributed by atoms with Gasteiger partial charge in [0.1, 0.15) is 12.0 Å². The van der Waals surface area contributed by atoms with Crippen molar-refractivity contribution in [3.63, 3.8) is 0 Å². The average Bonchev–Trinajstić information content (AvgIpc) is 2.85. The Kier molecular flexibility index (Phi) is 7.70. The normalized spacial score (nSPS) is 13.6. The van der Waals surface area contributed by atoms with E-state index in [1.165, 1.54) is 25.3 Å². The molecule has 15 heteroatoms. The SMILES string of the molecule is C[C@H](C[C@H](F)Cn1ccc2cc(-c3ncc(C(F)F)cn3)c(F)cc2c1=O)Oc1cn[nH]c(=O)c1C(F)(F)F. The molecule has 0 bridgehead atoms. The number of alkyl halides is 6. The Hall–Kier alpha value is -4.30. The quantitative estimate of drug-likeness (QED) is 0.312. The van der Waals surface area contributed by atoms with Gasteiger partial charge in [-0.1, -0.05) is 0 Å². The Morgan fingerprint density at radius 1 is 1.08 bits per heavy atom. The Labute approximate surface area is 214 Å². The van der Waals surface area contributed by atoms with Gasteiger partial charge in [0.05, 0.1) is 35.4 Å². The number of benzene rings is 1. The molecule has 0 fully saturated rings. The minimum atomic E-state index is -5.03. The van der Waals surface area contributed by atoms with Crippen LogP contribution in [0.5, 0.6) is 5.75 Å². The van der Waals surface area contributed by atoms with E-state index in [2.05, 4.69) is 15.1 Å². The molecule has 4 aromatic rings. The summed E-state index contributed by atoms with van der Waals surface area (Å²) in [7, 11) is 0. The summed E-state index contributed by atoms with van der Waals surface area (Å²) in [5.74, 6) is -1.95. The maximum absolute atomic E-state index is 14.8. The largest absolute Gasteiger partial charge is 0.488 e. The number of ether oxygens (including phenoxy) is 1. The lowest BCUT2D eigenvalue weighted by Gasteiger charge is -2.19. The Balaban J connectivity index is 1.51. The Morgan fingerprint density at radius 2 is 1.77 bits per heavy atom. The zero-order valence-corrected chi connectivity index (χ0v) is 19.8. The molecule has 0 unspecified atom stereocenters. The van der Waals surface area contributed by atoms with Crippen molar-refractivity contribution in [3.8, 4) is 17.1 Å². The fraction of sp³-hybridized carbons (Fsp3) is 0.292. The second kappa shape index (κ2) is 10.8. The van der Waals surface area contributed by atoms with Gasteiger partial charge in [-0.3, -0.25) is 9.59 Å². The van der Waals surface area contributed by atoms with E-state index in [9.17, 15) is 40.3 Å². The van der Waals surface area contributed by atoms with Crippen LogP contribution in [0.15, 0.2) is 52.6 Å². The first-order chi connectivity index (χ1) is 18.3. The van der Waals surface area contributed by atoms with E-state index in [1.54, 1.807) is 5.10 Å². The Bertz CT molecular complexity index is 1600. The Morgan fingerprint density at radius 3 is 2.41 bits per heavy atom.